The Balaban J connectivity index is 1.50. The highest BCUT2D eigenvalue weighted by atomic mass is 16.2. The molecule has 0 saturated heterocycles. The molecule has 0 aliphatic carbocycles. The molecule has 98 valence electrons. The van der Waals surface area contributed by atoms with E-state index in [1.165, 1.54) is 5.56 Å². The van der Waals surface area contributed by atoms with Crippen LogP contribution >= 0.6 is 0 Å². The Bertz CT molecular complexity index is 540. The van der Waals surface area contributed by atoms with Gasteiger partial charge in [0.05, 0.1) is 6.54 Å². The molecule has 0 bridgehead atoms. The summed E-state index contributed by atoms with van der Waals surface area (Å²) in [5, 5.41) is 10.3. The van der Waals surface area contributed by atoms with Crippen LogP contribution in [-0.4, -0.2) is 28.3 Å². The molecule has 2 heterocycles. The largest absolute Gasteiger partial charge is 0.373 e. The number of nitrogens with zero attached hydrogens (tertiary/aromatic N) is 2. The molecular formula is C14H16N4O. The quantitative estimate of drug-likeness (QED) is 0.859. The molecule has 1 aliphatic heterocycles. The average Bonchev–Trinajstić information content (AvgIpc) is 3.07. The minimum Gasteiger partial charge on any atom is -0.373 e. The van der Waals surface area contributed by atoms with Crippen LogP contribution in [0.4, 0.5) is 5.69 Å². The number of para-hydroxylation sites is 1. The number of amides is 1. The number of hydrogen-bond donors (Lipinski definition) is 2. The molecule has 2 aromatic rings. The van der Waals surface area contributed by atoms with Crippen LogP contribution in [0.1, 0.15) is 5.56 Å². The summed E-state index contributed by atoms with van der Waals surface area (Å²) in [5.41, 5.74) is 2.27. The minimum absolute atomic E-state index is 0.0448. The first-order valence-corrected chi connectivity index (χ1v) is 6.42. The van der Waals surface area contributed by atoms with E-state index in [4.69, 9.17) is 0 Å². The van der Waals surface area contributed by atoms with Gasteiger partial charge in [0, 0.05) is 31.0 Å². The fraction of sp³-hybridized carbons (Fsp3) is 0.286. The fourth-order valence-corrected chi connectivity index (χ4v) is 2.31. The average molecular weight is 256 g/mol. The molecule has 1 aromatic carbocycles. The standard InChI is InChI=1S/C14H16N4O/c19-14(15-7-9-18-8-3-6-16-18)13-10-11-4-1-2-5-12(11)17-13/h1-6,8,13,17H,7,9-10H2,(H,15,19). The summed E-state index contributed by atoms with van der Waals surface area (Å²) in [4.78, 5) is 12.0. The van der Waals surface area contributed by atoms with Gasteiger partial charge in [0.1, 0.15) is 6.04 Å². The third-order valence-electron chi connectivity index (χ3n) is 3.29. The van der Waals surface area contributed by atoms with Crippen molar-refractivity contribution in [2.75, 3.05) is 11.9 Å². The van der Waals surface area contributed by atoms with Crippen molar-refractivity contribution in [1.29, 1.82) is 0 Å². The molecule has 2 N–H and O–H groups in total. The van der Waals surface area contributed by atoms with E-state index < -0.39 is 0 Å². The van der Waals surface area contributed by atoms with Gasteiger partial charge >= 0.3 is 0 Å². The van der Waals surface area contributed by atoms with E-state index in [1.54, 1.807) is 10.9 Å². The first kappa shape index (κ1) is 11.8. The van der Waals surface area contributed by atoms with Crippen molar-refractivity contribution >= 4 is 11.6 Å². The molecular weight excluding hydrogens is 240 g/mol. The van der Waals surface area contributed by atoms with Crippen molar-refractivity contribution in [2.45, 2.75) is 19.0 Å². The van der Waals surface area contributed by atoms with Crippen LogP contribution in [0.3, 0.4) is 0 Å². The molecule has 1 unspecified atom stereocenters. The summed E-state index contributed by atoms with van der Waals surface area (Å²) < 4.78 is 1.80. The van der Waals surface area contributed by atoms with E-state index in [-0.39, 0.29) is 11.9 Å². The normalized spacial score (nSPS) is 16.7. The summed E-state index contributed by atoms with van der Waals surface area (Å²) in [5.74, 6) is 0.0448. The van der Waals surface area contributed by atoms with Crippen LogP contribution in [-0.2, 0) is 17.8 Å². The lowest BCUT2D eigenvalue weighted by Crippen LogP contribution is -2.39. The van der Waals surface area contributed by atoms with E-state index in [9.17, 15) is 4.79 Å². The molecule has 1 amide bonds. The van der Waals surface area contributed by atoms with Crippen molar-refractivity contribution < 1.29 is 4.79 Å². The zero-order valence-electron chi connectivity index (χ0n) is 10.5. The van der Waals surface area contributed by atoms with Gasteiger partial charge in [0.2, 0.25) is 5.91 Å². The maximum atomic E-state index is 12.0. The molecule has 0 radical (unpaired) electrons. The molecule has 1 aliphatic rings. The molecule has 3 rings (SSSR count). The summed E-state index contributed by atoms with van der Waals surface area (Å²) in [6.45, 7) is 1.29. The second-order valence-electron chi connectivity index (χ2n) is 4.62. The van der Waals surface area contributed by atoms with Crippen molar-refractivity contribution in [2.24, 2.45) is 0 Å². The first-order chi connectivity index (χ1) is 9.33. The zero-order valence-corrected chi connectivity index (χ0v) is 10.5. The Labute approximate surface area is 111 Å². The molecule has 1 atom stereocenters. The van der Waals surface area contributed by atoms with Crippen LogP contribution in [0.5, 0.6) is 0 Å². The van der Waals surface area contributed by atoms with Gasteiger partial charge in [-0.1, -0.05) is 18.2 Å². The van der Waals surface area contributed by atoms with Gasteiger partial charge in [0.15, 0.2) is 0 Å². The third kappa shape index (κ3) is 2.59. The molecule has 5 heteroatoms. The smallest absolute Gasteiger partial charge is 0.242 e. The van der Waals surface area contributed by atoms with Crippen LogP contribution in [0.2, 0.25) is 0 Å². The molecule has 0 fully saturated rings. The fourth-order valence-electron chi connectivity index (χ4n) is 2.31. The Morgan fingerprint density at radius 3 is 3.11 bits per heavy atom. The topological polar surface area (TPSA) is 59.0 Å². The van der Waals surface area contributed by atoms with Gasteiger partial charge in [-0.2, -0.15) is 5.10 Å². The van der Waals surface area contributed by atoms with Gasteiger partial charge in [0.25, 0.3) is 0 Å². The van der Waals surface area contributed by atoms with Crippen molar-refractivity contribution in [3.8, 4) is 0 Å². The van der Waals surface area contributed by atoms with Gasteiger partial charge in [-0.05, 0) is 17.7 Å². The minimum atomic E-state index is -0.157. The number of nitrogens with one attached hydrogen (secondary N) is 2. The molecule has 1 aromatic heterocycles. The Hall–Kier alpha value is -2.30. The lowest BCUT2D eigenvalue weighted by Gasteiger charge is -2.11. The van der Waals surface area contributed by atoms with Crippen LogP contribution < -0.4 is 10.6 Å². The highest BCUT2D eigenvalue weighted by Gasteiger charge is 2.25. The van der Waals surface area contributed by atoms with Crippen LogP contribution in [0, 0.1) is 0 Å². The second-order valence-corrected chi connectivity index (χ2v) is 4.62. The first-order valence-electron chi connectivity index (χ1n) is 6.42. The number of carbonyl (C=O) groups excluding carboxylic acids is 1. The Kier molecular flexibility index (Phi) is 3.18. The predicted molar refractivity (Wildman–Crippen MR) is 72.8 cm³/mol. The Morgan fingerprint density at radius 1 is 1.42 bits per heavy atom. The molecule has 19 heavy (non-hydrogen) atoms. The highest BCUT2D eigenvalue weighted by Crippen LogP contribution is 2.24. The van der Waals surface area contributed by atoms with Crippen molar-refractivity contribution in [3.63, 3.8) is 0 Å². The summed E-state index contributed by atoms with van der Waals surface area (Å²) in [6, 6.07) is 9.75. The summed E-state index contributed by atoms with van der Waals surface area (Å²) in [6.07, 6.45) is 4.37. The lowest BCUT2D eigenvalue weighted by atomic mass is 10.1. The SMILES string of the molecule is O=C(NCCn1cccn1)C1Cc2ccccc2N1. The second kappa shape index (κ2) is 5.14. The predicted octanol–water partition coefficient (Wildman–Crippen LogP) is 1.04. The van der Waals surface area contributed by atoms with E-state index in [2.05, 4.69) is 21.8 Å². The molecule has 0 spiro atoms. The third-order valence-corrected chi connectivity index (χ3v) is 3.29. The number of carbonyl (C=O) groups is 1. The lowest BCUT2D eigenvalue weighted by molar-refractivity contribution is -0.121. The number of aromatic nitrogens is 2. The van der Waals surface area contributed by atoms with Crippen LogP contribution in [0.25, 0.3) is 0 Å². The van der Waals surface area contributed by atoms with E-state index in [0.717, 1.165) is 12.1 Å². The maximum Gasteiger partial charge on any atom is 0.242 e. The molecule has 0 saturated carbocycles. The monoisotopic (exact) mass is 256 g/mol. The number of rotatable bonds is 4. The Morgan fingerprint density at radius 2 is 2.32 bits per heavy atom. The van der Waals surface area contributed by atoms with Crippen molar-refractivity contribution in [3.05, 3.63) is 48.3 Å². The van der Waals surface area contributed by atoms with Gasteiger partial charge < -0.3 is 10.6 Å². The number of anilines is 1. The maximum absolute atomic E-state index is 12.0. The molecule has 5 nitrogen and oxygen atoms in total. The van der Waals surface area contributed by atoms with E-state index >= 15 is 0 Å². The van der Waals surface area contributed by atoms with Crippen LogP contribution in [0.15, 0.2) is 42.7 Å². The zero-order chi connectivity index (χ0) is 13.1. The summed E-state index contributed by atoms with van der Waals surface area (Å²) >= 11 is 0. The van der Waals surface area contributed by atoms with E-state index in [0.29, 0.717) is 13.1 Å². The number of hydrogen-bond acceptors (Lipinski definition) is 3. The number of benzene rings is 1. The number of fused-ring (bicyclic) bond motifs is 1. The van der Waals surface area contributed by atoms with Crippen molar-refractivity contribution in [1.82, 2.24) is 15.1 Å². The summed E-state index contributed by atoms with van der Waals surface area (Å²) in [7, 11) is 0. The highest BCUT2D eigenvalue weighted by molar-refractivity contribution is 5.87. The van der Waals surface area contributed by atoms with E-state index in [1.807, 2.05) is 30.5 Å². The van der Waals surface area contributed by atoms with Gasteiger partial charge in [-0.3, -0.25) is 9.48 Å². The van der Waals surface area contributed by atoms with Gasteiger partial charge in [-0.15, -0.1) is 0 Å². The van der Waals surface area contributed by atoms with Gasteiger partial charge in [-0.25, -0.2) is 0 Å².